The monoisotopic (exact) mass is 324 g/mol. The van der Waals surface area contributed by atoms with Crippen molar-refractivity contribution >= 4 is 27.3 Å². The molecule has 2 aromatic rings. The zero-order chi connectivity index (χ0) is 13.1. The first-order valence-electron chi connectivity index (χ1n) is 5.87. The molecule has 0 bridgehead atoms. The largest absolute Gasteiger partial charge is 0.271 e. The third-order valence-corrected chi connectivity index (χ3v) is 5.25. The normalized spacial score (nSPS) is 12.7. The van der Waals surface area contributed by atoms with Gasteiger partial charge in [0.1, 0.15) is 0 Å². The topological polar surface area (TPSA) is 38.0 Å². The highest BCUT2D eigenvalue weighted by Crippen LogP contribution is 2.29. The lowest BCUT2D eigenvalue weighted by Gasteiger charge is -2.19. The third kappa shape index (κ3) is 2.83. The van der Waals surface area contributed by atoms with Crippen LogP contribution in [0.1, 0.15) is 27.6 Å². The quantitative estimate of drug-likeness (QED) is 0.661. The number of aryl methyl sites for hydroxylation is 1. The minimum atomic E-state index is 0.153. The SMILES string of the molecule is Cc1cccc(C(Cc2sccc2Br)NN)c1C. The van der Waals surface area contributed by atoms with E-state index in [9.17, 15) is 0 Å². The maximum atomic E-state index is 5.73. The van der Waals surface area contributed by atoms with E-state index in [0.717, 1.165) is 10.9 Å². The van der Waals surface area contributed by atoms with Crippen LogP contribution >= 0.6 is 27.3 Å². The summed E-state index contributed by atoms with van der Waals surface area (Å²) in [5.74, 6) is 5.73. The maximum absolute atomic E-state index is 5.73. The lowest BCUT2D eigenvalue weighted by Crippen LogP contribution is -2.30. The minimum absolute atomic E-state index is 0.153. The first kappa shape index (κ1) is 13.7. The Morgan fingerprint density at radius 1 is 1.33 bits per heavy atom. The van der Waals surface area contributed by atoms with E-state index in [-0.39, 0.29) is 6.04 Å². The van der Waals surface area contributed by atoms with Gasteiger partial charge in [-0.15, -0.1) is 11.3 Å². The van der Waals surface area contributed by atoms with Crippen molar-refractivity contribution in [3.8, 4) is 0 Å². The van der Waals surface area contributed by atoms with Gasteiger partial charge in [0.05, 0.1) is 6.04 Å². The second-order valence-electron chi connectivity index (χ2n) is 4.40. The fourth-order valence-corrected chi connectivity index (χ4v) is 3.63. The fraction of sp³-hybridized carbons (Fsp3) is 0.286. The second-order valence-corrected chi connectivity index (χ2v) is 6.26. The Bertz CT molecular complexity index is 536. The van der Waals surface area contributed by atoms with Gasteiger partial charge in [-0.3, -0.25) is 11.3 Å². The summed E-state index contributed by atoms with van der Waals surface area (Å²) >= 11 is 5.33. The number of rotatable bonds is 4. The van der Waals surface area contributed by atoms with Crippen LogP contribution in [0, 0.1) is 13.8 Å². The van der Waals surface area contributed by atoms with Crippen LogP contribution in [0.2, 0.25) is 0 Å². The summed E-state index contributed by atoms with van der Waals surface area (Å²) in [5.41, 5.74) is 6.83. The first-order valence-corrected chi connectivity index (χ1v) is 7.55. The summed E-state index contributed by atoms with van der Waals surface area (Å²) in [6.07, 6.45) is 0.902. The molecule has 2 rings (SSSR count). The van der Waals surface area contributed by atoms with E-state index in [1.165, 1.54) is 21.6 Å². The van der Waals surface area contributed by atoms with Gasteiger partial charge in [0.15, 0.2) is 0 Å². The van der Waals surface area contributed by atoms with Crippen molar-refractivity contribution in [3.63, 3.8) is 0 Å². The highest BCUT2D eigenvalue weighted by atomic mass is 79.9. The molecular formula is C14H17BrN2S. The molecule has 0 aliphatic rings. The maximum Gasteiger partial charge on any atom is 0.0511 e. The Hall–Kier alpha value is -0.680. The molecule has 0 radical (unpaired) electrons. The molecular weight excluding hydrogens is 308 g/mol. The summed E-state index contributed by atoms with van der Waals surface area (Å²) in [6.45, 7) is 4.28. The molecule has 0 amide bonds. The van der Waals surface area contributed by atoms with Crippen LogP contribution in [0.5, 0.6) is 0 Å². The zero-order valence-electron chi connectivity index (χ0n) is 10.5. The Kier molecular flexibility index (Phi) is 4.56. The van der Waals surface area contributed by atoms with Crippen LogP contribution in [0.3, 0.4) is 0 Å². The van der Waals surface area contributed by atoms with E-state index in [2.05, 4.69) is 64.8 Å². The predicted octanol–water partition coefficient (Wildman–Crippen LogP) is 3.87. The van der Waals surface area contributed by atoms with Gasteiger partial charge in [0, 0.05) is 15.8 Å². The highest BCUT2D eigenvalue weighted by Gasteiger charge is 2.15. The molecule has 0 aliphatic carbocycles. The average Bonchev–Trinajstić information content (AvgIpc) is 2.76. The molecule has 0 saturated carbocycles. The van der Waals surface area contributed by atoms with Crippen LogP contribution in [0.4, 0.5) is 0 Å². The number of hydrogen-bond donors (Lipinski definition) is 2. The van der Waals surface area contributed by atoms with Crippen LogP contribution < -0.4 is 11.3 Å². The van der Waals surface area contributed by atoms with Gasteiger partial charge in [-0.1, -0.05) is 18.2 Å². The van der Waals surface area contributed by atoms with E-state index in [1.54, 1.807) is 11.3 Å². The van der Waals surface area contributed by atoms with Crippen molar-refractivity contribution in [2.75, 3.05) is 0 Å². The number of hydrogen-bond acceptors (Lipinski definition) is 3. The van der Waals surface area contributed by atoms with Crippen molar-refractivity contribution in [2.24, 2.45) is 5.84 Å². The third-order valence-electron chi connectivity index (χ3n) is 3.30. The number of nitrogens with two attached hydrogens (primary N) is 1. The average molecular weight is 325 g/mol. The summed E-state index contributed by atoms with van der Waals surface area (Å²) in [4.78, 5) is 1.32. The van der Waals surface area contributed by atoms with Crippen molar-refractivity contribution in [1.82, 2.24) is 5.43 Å². The van der Waals surface area contributed by atoms with Gasteiger partial charge in [0.25, 0.3) is 0 Å². The van der Waals surface area contributed by atoms with Crippen molar-refractivity contribution in [1.29, 1.82) is 0 Å². The molecule has 0 aliphatic heterocycles. The van der Waals surface area contributed by atoms with Crippen LogP contribution in [-0.4, -0.2) is 0 Å². The molecule has 18 heavy (non-hydrogen) atoms. The molecule has 4 heteroatoms. The Morgan fingerprint density at radius 3 is 2.72 bits per heavy atom. The van der Waals surface area contributed by atoms with Gasteiger partial charge < -0.3 is 0 Å². The van der Waals surface area contributed by atoms with Gasteiger partial charge in [-0.25, -0.2) is 0 Å². The number of nitrogens with one attached hydrogen (secondary N) is 1. The molecule has 1 aromatic carbocycles. The molecule has 0 spiro atoms. The lowest BCUT2D eigenvalue weighted by atomic mass is 9.95. The number of thiophene rings is 1. The van der Waals surface area contributed by atoms with Gasteiger partial charge in [0.2, 0.25) is 0 Å². The summed E-state index contributed by atoms with van der Waals surface area (Å²) in [7, 11) is 0. The summed E-state index contributed by atoms with van der Waals surface area (Å²) in [6, 6.07) is 8.60. The van der Waals surface area contributed by atoms with Gasteiger partial charge in [-0.05, 0) is 57.9 Å². The number of hydrazine groups is 1. The van der Waals surface area contributed by atoms with Crippen molar-refractivity contribution in [2.45, 2.75) is 26.3 Å². The molecule has 0 saturated heterocycles. The van der Waals surface area contributed by atoms with Crippen LogP contribution in [0.25, 0.3) is 0 Å². The van der Waals surface area contributed by atoms with Crippen LogP contribution in [-0.2, 0) is 6.42 Å². The molecule has 0 fully saturated rings. The van der Waals surface area contributed by atoms with E-state index in [4.69, 9.17) is 5.84 Å². The smallest absolute Gasteiger partial charge is 0.0511 e. The van der Waals surface area contributed by atoms with E-state index >= 15 is 0 Å². The zero-order valence-corrected chi connectivity index (χ0v) is 12.9. The second kappa shape index (κ2) is 5.97. The number of halogens is 1. The van der Waals surface area contributed by atoms with Crippen molar-refractivity contribution < 1.29 is 0 Å². The Balaban J connectivity index is 2.29. The molecule has 1 aromatic heterocycles. The molecule has 3 N–H and O–H groups in total. The van der Waals surface area contributed by atoms with E-state index < -0.39 is 0 Å². The van der Waals surface area contributed by atoms with Crippen molar-refractivity contribution in [3.05, 3.63) is 55.7 Å². The predicted molar refractivity (Wildman–Crippen MR) is 81.7 cm³/mol. The summed E-state index contributed by atoms with van der Waals surface area (Å²) < 4.78 is 1.16. The molecule has 2 nitrogen and oxygen atoms in total. The van der Waals surface area contributed by atoms with E-state index in [0.29, 0.717) is 0 Å². The lowest BCUT2D eigenvalue weighted by molar-refractivity contribution is 0.552. The number of benzene rings is 1. The van der Waals surface area contributed by atoms with Crippen LogP contribution in [0.15, 0.2) is 34.1 Å². The Morgan fingerprint density at radius 2 is 2.11 bits per heavy atom. The highest BCUT2D eigenvalue weighted by molar-refractivity contribution is 9.10. The molecule has 1 heterocycles. The van der Waals surface area contributed by atoms with Gasteiger partial charge >= 0.3 is 0 Å². The minimum Gasteiger partial charge on any atom is -0.271 e. The first-order chi connectivity index (χ1) is 8.63. The Labute approximate surface area is 120 Å². The molecule has 1 atom stereocenters. The summed E-state index contributed by atoms with van der Waals surface area (Å²) in [5, 5.41) is 2.09. The molecule has 1 unspecified atom stereocenters. The standard InChI is InChI=1S/C14H17BrN2S/c1-9-4-3-5-11(10(9)2)13(17-16)8-14-12(15)6-7-18-14/h3-7,13,17H,8,16H2,1-2H3. The van der Waals surface area contributed by atoms with Gasteiger partial charge in [-0.2, -0.15) is 0 Å². The molecule has 96 valence electrons. The van der Waals surface area contributed by atoms with E-state index in [1.807, 2.05) is 0 Å². The fourth-order valence-electron chi connectivity index (χ4n) is 2.07.